The first kappa shape index (κ1) is 10.7. The molecule has 1 atom stereocenters. The molecule has 15 heavy (non-hydrogen) atoms. The van der Waals surface area contributed by atoms with Crippen LogP contribution in [0.25, 0.3) is 0 Å². The third kappa shape index (κ3) is 2.59. The second-order valence-corrected chi connectivity index (χ2v) is 5.27. The van der Waals surface area contributed by atoms with Gasteiger partial charge in [0.25, 0.3) is 0 Å². The van der Waals surface area contributed by atoms with Crippen LogP contribution in [0, 0.1) is 0 Å². The SMILES string of the molecule is CN(C)c1ccccc1NC1CCSC1. The van der Waals surface area contributed by atoms with Gasteiger partial charge in [-0.05, 0) is 24.3 Å². The molecule has 82 valence electrons. The van der Waals surface area contributed by atoms with Crippen molar-refractivity contribution in [1.29, 1.82) is 0 Å². The summed E-state index contributed by atoms with van der Waals surface area (Å²) in [6, 6.07) is 9.15. The van der Waals surface area contributed by atoms with Crippen molar-refractivity contribution < 1.29 is 0 Å². The third-order valence-corrected chi connectivity index (χ3v) is 3.84. The highest BCUT2D eigenvalue weighted by Crippen LogP contribution is 2.27. The number of nitrogens with zero attached hydrogens (tertiary/aromatic N) is 1. The van der Waals surface area contributed by atoms with E-state index in [1.54, 1.807) is 0 Å². The minimum Gasteiger partial charge on any atom is -0.380 e. The lowest BCUT2D eigenvalue weighted by Gasteiger charge is -2.21. The fourth-order valence-corrected chi connectivity index (χ4v) is 3.01. The average Bonchev–Trinajstić information content (AvgIpc) is 2.71. The molecule has 0 bridgehead atoms. The van der Waals surface area contributed by atoms with Crippen molar-refractivity contribution in [2.24, 2.45) is 0 Å². The lowest BCUT2D eigenvalue weighted by atomic mass is 10.2. The summed E-state index contributed by atoms with van der Waals surface area (Å²) in [6.07, 6.45) is 1.28. The molecule has 0 aromatic heterocycles. The van der Waals surface area contributed by atoms with Gasteiger partial charge in [-0.3, -0.25) is 0 Å². The number of hydrogen-bond acceptors (Lipinski definition) is 3. The highest BCUT2D eigenvalue weighted by atomic mass is 32.2. The molecule has 0 aliphatic carbocycles. The van der Waals surface area contributed by atoms with E-state index in [9.17, 15) is 0 Å². The maximum Gasteiger partial charge on any atom is 0.0596 e. The Bertz CT molecular complexity index is 319. The molecule has 0 spiro atoms. The predicted molar refractivity (Wildman–Crippen MR) is 70.1 cm³/mol. The lowest BCUT2D eigenvalue weighted by Crippen LogP contribution is -2.20. The van der Waals surface area contributed by atoms with Crippen LogP contribution in [0.15, 0.2) is 24.3 Å². The van der Waals surface area contributed by atoms with E-state index in [1.165, 1.54) is 29.3 Å². The molecule has 1 saturated heterocycles. The molecule has 1 unspecified atom stereocenters. The van der Waals surface area contributed by atoms with Gasteiger partial charge in [0.15, 0.2) is 0 Å². The number of para-hydroxylation sites is 2. The molecule has 2 nitrogen and oxygen atoms in total. The maximum absolute atomic E-state index is 3.63. The predicted octanol–water partition coefficient (Wildman–Crippen LogP) is 2.67. The summed E-state index contributed by atoms with van der Waals surface area (Å²) in [5.41, 5.74) is 2.53. The molecule has 1 heterocycles. The Morgan fingerprint density at radius 3 is 2.80 bits per heavy atom. The van der Waals surface area contributed by atoms with Crippen molar-refractivity contribution in [3.8, 4) is 0 Å². The second kappa shape index (κ2) is 4.79. The summed E-state index contributed by atoms with van der Waals surface area (Å²) in [5.74, 6) is 2.53. The van der Waals surface area contributed by atoms with E-state index in [-0.39, 0.29) is 0 Å². The molecule has 1 aromatic carbocycles. The highest BCUT2D eigenvalue weighted by molar-refractivity contribution is 7.99. The van der Waals surface area contributed by atoms with Gasteiger partial charge in [-0.2, -0.15) is 11.8 Å². The molecule has 1 N–H and O–H groups in total. The molecule has 1 aromatic rings. The number of nitrogens with one attached hydrogen (secondary N) is 1. The van der Waals surface area contributed by atoms with Crippen LogP contribution >= 0.6 is 11.8 Å². The smallest absolute Gasteiger partial charge is 0.0596 e. The monoisotopic (exact) mass is 222 g/mol. The summed E-state index contributed by atoms with van der Waals surface area (Å²) in [7, 11) is 4.17. The van der Waals surface area contributed by atoms with Gasteiger partial charge in [0.05, 0.1) is 11.4 Å². The number of thioether (sulfide) groups is 1. The van der Waals surface area contributed by atoms with Crippen molar-refractivity contribution in [2.45, 2.75) is 12.5 Å². The Kier molecular flexibility index (Phi) is 3.41. The highest BCUT2D eigenvalue weighted by Gasteiger charge is 2.16. The van der Waals surface area contributed by atoms with Gasteiger partial charge in [-0.1, -0.05) is 12.1 Å². The largest absolute Gasteiger partial charge is 0.380 e. The zero-order valence-corrected chi connectivity index (χ0v) is 10.2. The van der Waals surface area contributed by atoms with Crippen LogP contribution in [0.2, 0.25) is 0 Å². The van der Waals surface area contributed by atoms with E-state index in [0.717, 1.165) is 0 Å². The number of rotatable bonds is 3. The van der Waals surface area contributed by atoms with Crippen LogP contribution in [0.4, 0.5) is 11.4 Å². The van der Waals surface area contributed by atoms with Crippen LogP contribution < -0.4 is 10.2 Å². The quantitative estimate of drug-likeness (QED) is 0.846. The Balaban J connectivity index is 2.12. The number of anilines is 2. The van der Waals surface area contributed by atoms with Gasteiger partial charge in [-0.25, -0.2) is 0 Å². The zero-order valence-electron chi connectivity index (χ0n) is 9.36. The van der Waals surface area contributed by atoms with Gasteiger partial charge in [-0.15, -0.1) is 0 Å². The molecule has 1 aliphatic heterocycles. The molecular formula is C12H18N2S. The molecule has 1 fully saturated rings. The molecular weight excluding hydrogens is 204 g/mol. The minimum absolute atomic E-state index is 0.649. The van der Waals surface area contributed by atoms with Crippen LogP contribution in [-0.2, 0) is 0 Å². The Hall–Kier alpha value is -0.830. The fourth-order valence-electron chi connectivity index (χ4n) is 1.85. The van der Waals surface area contributed by atoms with E-state index < -0.39 is 0 Å². The first-order valence-electron chi connectivity index (χ1n) is 5.38. The molecule has 0 radical (unpaired) electrons. The van der Waals surface area contributed by atoms with Crippen molar-refractivity contribution in [3.05, 3.63) is 24.3 Å². The van der Waals surface area contributed by atoms with Gasteiger partial charge in [0, 0.05) is 25.9 Å². The first-order valence-corrected chi connectivity index (χ1v) is 6.53. The van der Waals surface area contributed by atoms with Crippen LogP contribution in [0.3, 0.4) is 0 Å². The summed E-state index contributed by atoms with van der Waals surface area (Å²) in [5, 5.41) is 3.63. The summed E-state index contributed by atoms with van der Waals surface area (Å²) < 4.78 is 0. The van der Waals surface area contributed by atoms with Crippen LogP contribution in [0.1, 0.15) is 6.42 Å². The number of hydrogen-bond donors (Lipinski definition) is 1. The van der Waals surface area contributed by atoms with Gasteiger partial charge >= 0.3 is 0 Å². The van der Waals surface area contributed by atoms with E-state index in [1.807, 2.05) is 11.8 Å². The normalized spacial score (nSPS) is 20.3. The van der Waals surface area contributed by atoms with E-state index in [4.69, 9.17) is 0 Å². The second-order valence-electron chi connectivity index (χ2n) is 4.12. The van der Waals surface area contributed by atoms with E-state index in [0.29, 0.717) is 6.04 Å². The molecule has 0 saturated carbocycles. The molecule has 3 heteroatoms. The topological polar surface area (TPSA) is 15.3 Å². The Morgan fingerprint density at radius 2 is 2.13 bits per heavy atom. The molecule has 1 aliphatic rings. The summed E-state index contributed by atoms with van der Waals surface area (Å²) in [4.78, 5) is 2.16. The third-order valence-electron chi connectivity index (χ3n) is 2.68. The minimum atomic E-state index is 0.649. The van der Waals surface area contributed by atoms with Crippen LogP contribution in [0.5, 0.6) is 0 Å². The maximum atomic E-state index is 3.63. The molecule has 0 amide bonds. The zero-order chi connectivity index (χ0) is 10.7. The number of benzene rings is 1. The summed E-state index contributed by atoms with van der Waals surface area (Å²) >= 11 is 2.04. The van der Waals surface area contributed by atoms with E-state index in [2.05, 4.69) is 48.6 Å². The first-order chi connectivity index (χ1) is 7.27. The lowest BCUT2D eigenvalue weighted by molar-refractivity contribution is 0.812. The van der Waals surface area contributed by atoms with Crippen molar-refractivity contribution >= 4 is 23.1 Å². The summed E-state index contributed by atoms with van der Waals surface area (Å²) in [6.45, 7) is 0. The van der Waals surface area contributed by atoms with Crippen molar-refractivity contribution in [1.82, 2.24) is 0 Å². The van der Waals surface area contributed by atoms with Crippen LogP contribution in [-0.4, -0.2) is 31.6 Å². The standard InChI is InChI=1S/C12H18N2S/c1-14(2)12-6-4-3-5-11(12)13-10-7-8-15-9-10/h3-6,10,13H,7-9H2,1-2H3. The Labute approximate surface area is 96.0 Å². The van der Waals surface area contributed by atoms with Gasteiger partial charge in [0.2, 0.25) is 0 Å². The van der Waals surface area contributed by atoms with Crippen molar-refractivity contribution in [3.63, 3.8) is 0 Å². The average molecular weight is 222 g/mol. The van der Waals surface area contributed by atoms with Crippen molar-refractivity contribution in [2.75, 3.05) is 35.8 Å². The van der Waals surface area contributed by atoms with Gasteiger partial charge in [0.1, 0.15) is 0 Å². The molecule has 2 rings (SSSR count). The van der Waals surface area contributed by atoms with E-state index >= 15 is 0 Å². The Morgan fingerprint density at radius 1 is 1.33 bits per heavy atom. The van der Waals surface area contributed by atoms with Gasteiger partial charge < -0.3 is 10.2 Å². The fraction of sp³-hybridized carbons (Fsp3) is 0.500.